The van der Waals surface area contributed by atoms with Gasteiger partial charge >= 0.3 is 0 Å². The molecule has 0 bridgehead atoms. The molecule has 1 heterocycles. The van der Waals surface area contributed by atoms with Crippen LogP contribution in [0.3, 0.4) is 0 Å². The van der Waals surface area contributed by atoms with Crippen molar-refractivity contribution >= 4 is 23.2 Å². The summed E-state index contributed by atoms with van der Waals surface area (Å²) >= 11 is 0. The molecule has 1 aromatic carbocycles. The van der Waals surface area contributed by atoms with Gasteiger partial charge in [-0.25, -0.2) is 0 Å². The molecule has 96 valence electrons. The number of rotatable bonds is 1. The van der Waals surface area contributed by atoms with E-state index in [2.05, 4.69) is 0 Å². The van der Waals surface area contributed by atoms with Gasteiger partial charge in [0.15, 0.2) is 0 Å². The maximum atomic E-state index is 12.2. The van der Waals surface area contributed by atoms with Gasteiger partial charge < -0.3 is 9.80 Å². The van der Waals surface area contributed by atoms with E-state index >= 15 is 0 Å². The molecule has 2 rings (SSSR count). The third-order valence-corrected chi connectivity index (χ3v) is 3.14. The summed E-state index contributed by atoms with van der Waals surface area (Å²) in [7, 11) is 0. The average Bonchev–Trinajstić information content (AvgIpc) is 2.26. The Morgan fingerprint density at radius 1 is 1.28 bits per heavy atom. The molecule has 1 aliphatic rings. The Morgan fingerprint density at radius 3 is 2.50 bits per heavy atom. The highest BCUT2D eigenvalue weighted by molar-refractivity contribution is 6.10. The number of fused-ring (bicyclic) bond motifs is 1. The Bertz CT molecular complexity index is 509. The third-order valence-electron chi connectivity index (χ3n) is 3.14. The molecule has 0 saturated heterocycles. The maximum absolute atomic E-state index is 12.2. The molecular formula is C14H18N2O2. The Labute approximate surface area is 107 Å². The molecule has 4 heteroatoms. The lowest BCUT2D eigenvalue weighted by molar-refractivity contribution is -0.122. The highest BCUT2D eigenvalue weighted by Crippen LogP contribution is 2.35. The van der Waals surface area contributed by atoms with Gasteiger partial charge in [-0.1, -0.05) is 6.07 Å². The van der Waals surface area contributed by atoms with Gasteiger partial charge in [-0.05, 0) is 38.5 Å². The number of benzene rings is 1. The van der Waals surface area contributed by atoms with Crippen molar-refractivity contribution in [3.63, 3.8) is 0 Å². The van der Waals surface area contributed by atoms with Crippen molar-refractivity contribution in [1.29, 1.82) is 0 Å². The topological polar surface area (TPSA) is 40.6 Å². The zero-order chi connectivity index (χ0) is 13.4. The number of aryl methyl sites for hydroxylation is 1. The van der Waals surface area contributed by atoms with Crippen molar-refractivity contribution in [2.75, 3.05) is 16.3 Å². The Morgan fingerprint density at radius 2 is 1.94 bits per heavy atom. The molecule has 0 spiro atoms. The van der Waals surface area contributed by atoms with Crippen LogP contribution in [-0.2, 0) is 9.59 Å². The predicted octanol–water partition coefficient (Wildman–Crippen LogP) is 2.10. The van der Waals surface area contributed by atoms with Crippen molar-refractivity contribution in [3.8, 4) is 0 Å². The van der Waals surface area contributed by atoms with Gasteiger partial charge in [0.2, 0.25) is 11.8 Å². The van der Waals surface area contributed by atoms with Crippen LogP contribution in [0.1, 0.15) is 26.3 Å². The first kappa shape index (κ1) is 12.6. The van der Waals surface area contributed by atoms with E-state index in [0.29, 0.717) is 0 Å². The first-order valence-electron chi connectivity index (χ1n) is 6.12. The van der Waals surface area contributed by atoms with Crippen LogP contribution in [0.2, 0.25) is 0 Å². The van der Waals surface area contributed by atoms with Gasteiger partial charge in [0, 0.05) is 13.0 Å². The second-order valence-electron chi connectivity index (χ2n) is 4.95. The fourth-order valence-corrected chi connectivity index (χ4v) is 2.33. The average molecular weight is 246 g/mol. The van der Waals surface area contributed by atoms with E-state index in [-0.39, 0.29) is 24.4 Å². The fourth-order valence-electron chi connectivity index (χ4n) is 2.33. The maximum Gasteiger partial charge on any atom is 0.247 e. The lowest BCUT2D eigenvalue weighted by atomic mass is 10.1. The summed E-state index contributed by atoms with van der Waals surface area (Å²) in [4.78, 5) is 27.1. The minimum Gasteiger partial charge on any atom is -0.306 e. The molecule has 0 aromatic heterocycles. The van der Waals surface area contributed by atoms with Gasteiger partial charge in [-0.2, -0.15) is 0 Å². The first-order chi connectivity index (χ1) is 8.41. The van der Waals surface area contributed by atoms with Gasteiger partial charge in [0.1, 0.15) is 6.54 Å². The minimum absolute atomic E-state index is 0.0294. The predicted molar refractivity (Wildman–Crippen MR) is 71.8 cm³/mol. The highest BCUT2D eigenvalue weighted by Gasteiger charge is 2.32. The smallest absolute Gasteiger partial charge is 0.247 e. The van der Waals surface area contributed by atoms with Crippen LogP contribution in [0.4, 0.5) is 11.4 Å². The van der Waals surface area contributed by atoms with Crippen molar-refractivity contribution in [1.82, 2.24) is 0 Å². The van der Waals surface area contributed by atoms with Gasteiger partial charge in [0.25, 0.3) is 0 Å². The van der Waals surface area contributed by atoms with Crippen molar-refractivity contribution in [2.45, 2.75) is 33.7 Å². The summed E-state index contributed by atoms with van der Waals surface area (Å²) in [5, 5.41) is 0. The summed E-state index contributed by atoms with van der Waals surface area (Å²) < 4.78 is 0. The zero-order valence-electron chi connectivity index (χ0n) is 11.2. The van der Waals surface area contributed by atoms with E-state index < -0.39 is 0 Å². The first-order valence-corrected chi connectivity index (χ1v) is 6.12. The van der Waals surface area contributed by atoms with E-state index in [1.807, 2.05) is 39.0 Å². The lowest BCUT2D eigenvalue weighted by Crippen LogP contribution is -2.50. The molecule has 2 amide bonds. The molecule has 0 unspecified atom stereocenters. The number of nitrogens with zero attached hydrogens (tertiary/aromatic N) is 2. The van der Waals surface area contributed by atoms with Crippen LogP contribution in [0.5, 0.6) is 0 Å². The number of carbonyl (C=O) groups excluding carboxylic acids is 2. The van der Waals surface area contributed by atoms with Crippen LogP contribution in [0, 0.1) is 6.92 Å². The second kappa shape index (κ2) is 4.44. The SMILES string of the molecule is CC(=O)N1CC(=O)N(C(C)C)c2cc(C)ccc21. The monoisotopic (exact) mass is 246 g/mol. The normalized spacial score (nSPS) is 15.1. The van der Waals surface area contributed by atoms with Crippen molar-refractivity contribution in [3.05, 3.63) is 23.8 Å². The third kappa shape index (κ3) is 1.98. The van der Waals surface area contributed by atoms with E-state index in [4.69, 9.17) is 0 Å². The molecule has 0 fully saturated rings. The van der Waals surface area contributed by atoms with Crippen LogP contribution < -0.4 is 9.80 Å². The lowest BCUT2D eigenvalue weighted by Gasteiger charge is -2.38. The summed E-state index contributed by atoms with van der Waals surface area (Å²) in [6.45, 7) is 7.56. The molecule has 4 nitrogen and oxygen atoms in total. The minimum atomic E-state index is -0.100. The van der Waals surface area contributed by atoms with Crippen LogP contribution in [0.15, 0.2) is 18.2 Å². The zero-order valence-corrected chi connectivity index (χ0v) is 11.2. The molecule has 0 radical (unpaired) electrons. The van der Waals surface area contributed by atoms with Gasteiger partial charge in [-0.3, -0.25) is 9.59 Å². The van der Waals surface area contributed by atoms with Crippen LogP contribution in [0.25, 0.3) is 0 Å². The molecule has 0 N–H and O–H groups in total. The van der Waals surface area contributed by atoms with Gasteiger partial charge in [0.05, 0.1) is 11.4 Å². The number of amides is 2. The Kier molecular flexibility index (Phi) is 3.11. The van der Waals surface area contributed by atoms with E-state index in [1.54, 1.807) is 4.90 Å². The van der Waals surface area contributed by atoms with E-state index in [0.717, 1.165) is 16.9 Å². The molecule has 0 atom stereocenters. The quantitative estimate of drug-likeness (QED) is 0.761. The van der Waals surface area contributed by atoms with E-state index in [9.17, 15) is 9.59 Å². The Balaban J connectivity index is 2.60. The highest BCUT2D eigenvalue weighted by atomic mass is 16.2. The number of hydrogen-bond acceptors (Lipinski definition) is 2. The fraction of sp³-hybridized carbons (Fsp3) is 0.429. The molecule has 0 saturated carbocycles. The molecule has 0 aliphatic carbocycles. The van der Waals surface area contributed by atoms with Gasteiger partial charge in [-0.15, -0.1) is 0 Å². The Hall–Kier alpha value is -1.84. The molecule has 1 aromatic rings. The van der Waals surface area contributed by atoms with E-state index in [1.165, 1.54) is 11.8 Å². The van der Waals surface area contributed by atoms with Crippen LogP contribution in [-0.4, -0.2) is 24.4 Å². The number of carbonyl (C=O) groups is 2. The summed E-state index contributed by atoms with van der Waals surface area (Å²) in [6.07, 6.45) is 0. The molecular weight excluding hydrogens is 228 g/mol. The number of anilines is 2. The summed E-state index contributed by atoms with van der Waals surface area (Å²) in [5.41, 5.74) is 2.73. The number of hydrogen-bond donors (Lipinski definition) is 0. The van der Waals surface area contributed by atoms with Crippen LogP contribution >= 0.6 is 0 Å². The molecule has 18 heavy (non-hydrogen) atoms. The standard InChI is InChI=1S/C14H18N2O2/c1-9(2)16-13-7-10(3)5-6-12(13)15(11(4)17)8-14(16)18/h5-7,9H,8H2,1-4H3. The summed E-state index contributed by atoms with van der Waals surface area (Å²) in [5.74, 6) is -0.129. The second-order valence-corrected chi connectivity index (χ2v) is 4.95. The van der Waals surface area contributed by atoms with Crippen molar-refractivity contribution < 1.29 is 9.59 Å². The molecule has 1 aliphatic heterocycles. The summed E-state index contributed by atoms with van der Waals surface area (Å²) in [6, 6.07) is 5.92. The largest absolute Gasteiger partial charge is 0.306 e. The van der Waals surface area contributed by atoms with Crippen molar-refractivity contribution in [2.24, 2.45) is 0 Å².